The fraction of sp³-hybridized carbons (Fsp3) is 0. The fourth-order valence-electron chi connectivity index (χ4n) is 19.9. The first-order chi connectivity index (χ1) is 58.5. The van der Waals surface area contributed by atoms with Gasteiger partial charge in [0.15, 0.2) is 0 Å². The molecule has 0 aliphatic rings. The van der Waals surface area contributed by atoms with Crippen LogP contribution in [0.2, 0.25) is 0 Å². The summed E-state index contributed by atoms with van der Waals surface area (Å²) < 4.78 is 14.7. The normalized spacial score (nSPS) is 12.1. The number of aromatic nitrogens is 6. The molecular formula is C112H70N6. The van der Waals surface area contributed by atoms with Gasteiger partial charge in [0.1, 0.15) is 0 Å². The quantitative estimate of drug-likeness (QED) is 0.145. The first kappa shape index (κ1) is 65.8. The minimum Gasteiger partial charge on any atom is -0.309 e. The van der Waals surface area contributed by atoms with E-state index in [-0.39, 0.29) is 0 Å². The first-order valence-electron chi connectivity index (χ1n) is 40.7. The van der Waals surface area contributed by atoms with Crippen LogP contribution in [0.4, 0.5) is 0 Å². The highest BCUT2D eigenvalue weighted by Gasteiger charge is 2.26. The molecule has 0 radical (unpaired) electrons. The number of nitrogens with zero attached hydrogens (tertiary/aromatic N) is 6. The summed E-state index contributed by atoms with van der Waals surface area (Å²) in [5, 5.41) is 24.9. The zero-order valence-electron chi connectivity index (χ0n) is 64.1. The number of fused-ring (bicyclic) bond motifs is 24. The third-order valence-electron chi connectivity index (χ3n) is 25.1. The molecule has 0 amide bonds. The van der Waals surface area contributed by atoms with E-state index in [1.54, 1.807) is 0 Å². The zero-order chi connectivity index (χ0) is 77.2. The van der Waals surface area contributed by atoms with Crippen LogP contribution in [0.1, 0.15) is 0 Å². The van der Waals surface area contributed by atoms with Crippen molar-refractivity contribution in [2.45, 2.75) is 0 Å². The van der Waals surface area contributed by atoms with Crippen molar-refractivity contribution >= 4 is 174 Å². The second-order valence-corrected chi connectivity index (χ2v) is 31.5. The maximum Gasteiger partial charge on any atom is 0.0641 e. The predicted octanol–water partition coefficient (Wildman–Crippen LogP) is 29.9. The molecular weight excluding hydrogens is 1430 g/mol. The minimum atomic E-state index is 1.15. The maximum atomic E-state index is 2.47. The number of hydrogen-bond donors (Lipinski definition) is 0. The van der Waals surface area contributed by atoms with E-state index in [2.05, 4.69) is 452 Å². The largest absolute Gasteiger partial charge is 0.309 e. The molecule has 0 unspecified atom stereocenters. The van der Waals surface area contributed by atoms with Gasteiger partial charge in [-0.05, 0) is 229 Å². The van der Waals surface area contributed by atoms with Crippen LogP contribution in [-0.4, -0.2) is 27.4 Å². The second kappa shape index (κ2) is 25.9. The van der Waals surface area contributed by atoms with E-state index >= 15 is 0 Å². The molecule has 6 heteroatoms. The average molecular weight is 1500 g/mol. The minimum absolute atomic E-state index is 1.15. The SMILES string of the molecule is c1ccc(-n2c3ccccc3c3c4c5cc(-c6ccc7c(c6)c6ccccc6n7-c6ccc7ccccc7c6)ccc5n(-c5ccc6ccccc6c5)c4ccc32)cc1.c1ccc(-n2c3ccccc3c3ccc4c(c5cc(-c6ccc7c(c6)c6ccccc6n7-c6ccc7ccccc7c6)ccc5n4-c4ccc5ccccc5c4)c32)cc1. The lowest BCUT2D eigenvalue weighted by Gasteiger charge is -2.11. The molecule has 0 atom stereocenters. The molecule has 6 aromatic heterocycles. The Kier molecular flexibility index (Phi) is 14.4. The van der Waals surface area contributed by atoms with E-state index in [1.807, 2.05) is 0 Å². The van der Waals surface area contributed by atoms with Gasteiger partial charge in [0.25, 0.3) is 0 Å². The summed E-state index contributed by atoms with van der Waals surface area (Å²) in [6.07, 6.45) is 0. The Morgan fingerprint density at radius 3 is 0.788 bits per heavy atom. The lowest BCUT2D eigenvalue weighted by Crippen LogP contribution is -1.95. The maximum absolute atomic E-state index is 2.47. The molecule has 0 aliphatic heterocycles. The van der Waals surface area contributed by atoms with E-state index in [0.717, 1.165) is 22.7 Å². The summed E-state index contributed by atoms with van der Waals surface area (Å²) in [5.41, 5.74) is 26.2. The van der Waals surface area contributed by atoms with Crippen molar-refractivity contribution in [1.29, 1.82) is 0 Å². The van der Waals surface area contributed by atoms with Crippen molar-refractivity contribution in [3.8, 4) is 56.4 Å². The molecule has 118 heavy (non-hydrogen) atoms. The van der Waals surface area contributed by atoms with Gasteiger partial charge in [-0.2, -0.15) is 0 Å². The molecule has 0 saturated carbocycles. The van der Waals surface area contributed by atoms with Crippen molar-refractivity contribution in [2.75, 3.05) is 0 Å². The first-order valence-corrected chi connectivity index (χ1v) is 40.7. The van der Waals surface area contributed by atoms with Crippen LogP contribution < -0.4 is 0 Å². The van der Waals surface area contributed by atoms with E-state index in [4.69, 9.17) is 0 Å². The smallest absolute Gasteiger partial charge is 0.0641 e. The standard InChI is InChI=1S/2C56H35N3/c1-2-16-42(17-3-1)59-51-21-11-8-18-45(51)47-28-31-54-55(56(47)59)49-35-41(25-30-53(49)58(54)44-27-23-37-13-5-7-15-39(37)33-44)40-24-29-52-48(34-40)46-19-9-10-20-50(46)57(52)43-26-22-36-12-4-6-14-38(36)32-43;1-2-16-42(17-3-1)57-50-21-11-9-19-46(50)55-53(57)30-31-54-56(55)48-35-41(25-29-52(48)59(54)44-27-23-37-13-5-7-15-39(37)33-44)40-24-28-51-47(34-40)45-18-8-10-20-49(45)58(51)43-26-22-36-12-4-6-14-38(36)32-43/h2*1-35H. The van der Waals surface area contributed by atoms with Gasteiger partial charge in [-0.25, -0.2) is 0 Å². The highest BCUT2D eigenvalue weighted by atomic mass is 15.0. The van der Waals surface area contributed by atoms with E-state index in [0.29, 0.717) is 0 Å². The highest BCUT2D eigenvalue weighted by Crippen LogP contribution is 2.48. The molecule has 6 heterocycles. The molecule has 0 aliphatic carbocycles. The third kappa shape index (κ3) is 10.00. The molecule has 0 N–H and O–H groups in total. The number of benzene rings is 20. The lowest BCUT2D eigenvalue weighted by atomic mass is 9.99. The molecule has 6 nitrogen and oxygen atoms in total. The third-order valence-corrected chi connectivity index (χ3v) is 25.1. The Morgan fingerprint density at radius 2 is 0.373 bits per heavy atom. The highest BCUT2D eigenvalue weighted by molar-refractivity contribution is 6.30. The number of hydrogen-bond acceptors (Lipinski definition) is 0. The molecule has 0 fully saturated rings. The summed E-state index contributed by atoms with van der Waals surface area (Å²) in [6, 6.07) is 156. The van der Waals surface area contributed by atoms with Crippen molar-refractivity contribution in [3.63, 3.8) is 0 Å². The number of para-hydroxylation sites is 6. The van der Waals surface area contributed by atoms with Gasteiger partial charge in [0.05, 0.1) is 66.2 Å². The Labute approximate surface area is 677 Å². The van der Waals surface area contributed by atoms with Gasteiger partial charge >= 0.3 is 0 Å². The van der Waals surface area contributed by atoms with Crippen LogP contribution in [-0.2, 0) is 0 Å². The van der Waals surface area contributed by atoms with Gasteiger partial charge in [0.2, 0.25) is 0 Å². The van der Waals surface area contributed by atoms with Crippen LogP contribution in [0.3, 0.4) is 0 Å². The Morgan fingerprint density at radius 1 is 0.119 bits per heavy atom. The van der Waals surface area contributed by atoms with E-state index in [9.17, 15) is 0 Å². The van der Waals surface area contributed by atoms with Gasteiger partial charge in [0, 0.05) is 98.8 Å². The zero-order valence-corrected chi connectivity index (χ0v) is 64.1. The summed E-state index contributed by atoms with van der Waals surface area (Å²) in [6.45, 7) is 0. The van der Waals surface area contributed by atoms with Crippen molar-refractivity contribution in [1.82, 2.24) is 27.4 Å². The van der Waals surface area contributed by atoms with Crippen molar-refractivity contribution in [2.24, 2.45) is 0 Å². The van der Waals surface area contributed by atoms with Gasteiger partial charge in [-0.15, -0.1) is 0 Å². The number of rotatable bonds is 8. The molecule has 0 spiro atoms. The molecule has 26 aromatic rings. The molecule has 26 rings (SSSR count). The van der Waals surface area contributed by atoms with Crippen LogP contribution in [0.15, 0.2) is 425 Å². The lowest BCUT2D eigenvalue weighted by molar-refractivity contribution is 1.17. The van der Waals surface area contributed by atoms with E-state index in [1.165, 1.54) is 208 Å². The monoisotopic (exact) mass is 1500 g/mol. The van der Waals surface area contributed by atoms with Crippen LogP contribution in [0.25, 0.3) is 230 Å². The van der Waals surface area contributed by atoms with Crippen LogP contribution in [0, 0.1) is 0 Å². The van der Waals surface area contributed by atoms with Gasteiger partial charge in [-0.3, -0.25) is 0 Å². The fourth-order valence-corrected chi connectivity index (χ4v) is 19.9. The molecule has 548 valence electrons. The molecule has 0 bridgehead atoms. The Balaban J connectivity index is 0.000000131. The predicted molar refractivity (Wildman–Crippen MR) is 500 cm³/mol. The molecule has 20 aromatic carbocycles. The summed E-state index contributed by atoms with van der Waals surface area (Å²) >= 11 is 0. The Bertz CT molecular complexity index is 8690. The van der Waals surface area contributed by atoms with Crippen LogP contribution in [0.5, 0.6) is 0 Å². The second-order valence-electron chi connectivity index (χ2n) is 31.5. The summed E-state index contributed by atoms with van der Waals surface area (Å²) in [5.74, 6) is 0. The Hall–Kier alpha value is -15.8. The summed E-state index contributed by atoms with van der Waals surface area (Å²) in [4.78, 5) is 0. The van der Waals surface area contributed by atoms with Gasteiger partial charge < -0.3 is 27.4 Å². The summed E-state index contributed by atoms with van der Waals surface area (Å²) in [7, 11) is 0. The van der Waals surface area contributed by atoms with Gasteiger partial charge in [-0.1, -0.05) is 261 Å². The van der Waals surface area contributed by atoms with Crippen molar-refractivity contribution in [3.05, 3.63) is 425 Å². The molecule has 0 saturated heterocycles. The average Bonchev–Trinajstić information content (AvgIpc) is 1.55. The van der Waals surface area contributed by atoms with Crippen molar-refractivity contribution < 1.29 is 0 Å². The topological polar surface area (TPSA) is 29.6 Å². The van der Waals surface area contributed by atoms with Crippen LogP contribution >= 0.6 is 0 Å². The van der Waals surface area contributed by atoms with E-state index < -0.39 is 0 Å².